The molecule has 0 aromatic rings. The van der Waals surface area contributed by atoms with Crippen LogP contribution in [0.15, 0.2) is 0 Å². The van der Waals surface area contributed by atoms with Crippen molar-refractivity contribution in [1.82, 2.24) is 15.1 Å². The summed E-state index contributed by atoms with van der Waals surface area (Å²) < 4.78 is 0. The third-order valence-electron chi connectivity index (χ3n) is 5.51. The number of hydrogen-bond donors (Lipinski definition) is 1. The maximum atomic E-state index is 3.59. The van der Waals surface area contributed by atoms with Crippen molar-refractivity contribution in [3.8, 4) is 0 Å². The SMILES string of the molecule is CCCC(NC)C(CC)N1CC2CCCCN2CC1C. The summed E-state index contributed by atoms with van der Waals surface area (Å²) in [5, 5.41) is 3.59. The Kier molecular flexibility index (Phi) is 6.31. The van der Waals surface area contributed by atoms with E-state index in [0.29, 0.717) is 18.1 Å². The second-order valence-electron chi connectivity index (χ2n) is 6.85. The van der Waals surface area contributed by atoms with Gasteiger partial charge in [-0.3, -0.25) is 9.80 Å². The zero-order chi connectivity index (χ0) is 14.5. The molecule has 3 nitrogen and oxygen atoms in total. The van der Waals surface area contributed by atoms with E-state index in [4.69, 9.17) is 0 Å². The van der Waals surface area contributed by atoms with E-state index in [0.717, 1.165) is 6.04 Å². The molecule has 2 aliphatic rings. The Morgan fingerprint density at radius 1 is 1.20 bits per heavy atom. The summed E-state index contributed by atoms with van der Waals surface area (Å²) in [5.41, 5.74) is 0. The molecule has 0 radical (unpaired) electrons. The zero-order valence-corrected chi connectivity index (χ0v) is 14.1. The molecule has 0 aromatic heterocycles. The largest absolute Gasteiger partial charge is 0.315 e. The molecule has 0 aliphatic carbocycles. The molecule has 3 heteroatoms. The van der Waals surface area contributed by atoms with Gasteiger partial charge in [-0.1, -0.05) is 26.7 Å². The lowest BCUT2D eigenvalue weighted by Crippen LogP contribution is -2.63. The number of fused-ring (bicyclic) bond motifs is 1. The molecule has 2 saturated heterocycles. The van der Waals surface area contributed by atoms with Crippen molar-refractivity contribution in [2.24, 2.45) is 0 Å². The van der Waals surface area contributed by atoms with Gasteiger partial charge in [-0.15, -0.1) is 0 Å². The van der Waals surface area contributed by atoms with Crippen molar-refractivity contribution in [2.45, 2.75) is 83.5 Å². The fraction of sp³-hybridized carbons (Fsp3) is 1.00. The van der Waals surface area contributed by atoms with E-state index in [9.17, 15) is 0 Å². The van der Waals surface area contributed by atoms with Crippen LogP contribution in [0.5, 0.6) is 0 Å². The van der Waals surface area contributed by atoms with E-state index >= 15 is 0 Å². The van der Waals surface area contributed by atoms with Gasteiger partial charge in [-0.2, -0.15) is 0 Å². The highest BCUT2D eigenvalue weighted by Crippen LogP contribution is 2.27. The first-order valence-electron chi connectivity index (χ1n) is 8.88. The summed E-state index contributed by atoms with van der Waals surface area (Å²) in [4.78, 5) is 5.58. The van der Waals surface area contributed by atoms with Crippen LogP contribution in [0.25, 0.3) is 0 Å². The van der Waals surface area contributed by atoms with Crippen molar-refractivity contribution < 1.29 is 0 Å². The summed E-state index contributed by atoms with van der Waals surface area (Å²) in [7, 11) is 2.14. The number of nitrogens with zero attached hydrogens (tertiary/aromatic N) is 2. The van der Waals surface area contributed by atoms with Gasteiger partial charge in [0.1, 0.15) is 0 Å². The predicted octanol–water partition coefficient (Wildman–Crippen LogP) is 2.71. The molecule has 4 unspecified atom stereocenters. The lowest BCUT2D eigenvalue weighted by Gasteiger charge is -2.51. The third-order valence-corrected chi connectivity index (χ3v) is 5.51. The van der Waals surface area contributed by atoms with E-state index in [1.165, 1.54) is 58.2 Å². The standard InChI is InChI=1S/C17H35N3/c1-5-9-16(18-4)17(6-2)20-13-15-10-7-8-11-19(15)12-14(20)3/h14-18H,5-13H2,1-4H3. The zero-order valence-electron chi connectivity index (χ0n) is 14.1. The predicted molar refractivity (Wildman–Crippen MR) is 87.2 cm³/mol. The highest BCUT2D eigenvalue weighted by atomic mass is 15.3. The van der Waals surface area contributed by atoms with Crippen molar-refractivity contribution in [3.63, 3.8) is 0 Å². The molecule has 4 atom stereocenters. The van der Waals surface area contributed by atoms with Gasteiger partial charge < -0.3 is 5.32 Å². The van der Waals surface area contributed by atoms with Crippen molar-refractivity contribution in [2.75, 3.05) is 26.7 Å². The number of rotatable bonds is 6. The molecule has 0 saturated carbocycles. The highest BCUT2D eigenvalue weighted by Gasteiger charge is 2.37. The van der Waals surface area contributed by atoms with Crippen LogP contribution in [0.1, 0.15) is 59.3 Å². The van der Waals surface area contributed by atoms with Crippen LogP contribution in [0, 0.1) is 0 Å². The molecular formula is C17H35N3. The molecule has 0 amide bonds. The lowest BCUT2D eigenvalue weighted by molar-refractivity contribution is -0.0176. The lowest BCUT2D eigenvalue weighted by atomic mass is 9.92. The van der Waals surface area contributed by atoms with Crippen molar-refractivity contribution in [3.05, 3.63) is 0 Å². The van der Waals surface area contributed by atoms with Crippen LogP contribution < -0.4 is 5.32 Å². The first kappa shape index (κ1) is 16.3. The Labute approximate surface area is 126 Å². The second-order valence-corrected chi connectivity index (χ2v) is 6.85. The van der Waals surface area contributed by atoms with E-state index in [1.54, 1.807) is 0 Å². The third kappa shape index (κ3) is 3.55. The highest BCUT2D eigenvalue weighted by molar-refractivity contribution is 4.94. The van der Waals surface area contributed by atoms with Gasteiger partial charge in [-0.05, 0) is 46.2 Å². The molecule has 0 aromatic carbocycles. The second kappa shape index (κ2) is 7.77. The molecule has 0 bridgehead atoms. The average molecular weight is 281 g/mol. The molecule has 2 rings (SSSR count). The Morgan fingerprint density at radius 2 is 2.00 bits per heavy atom. The quantitative estimate of drug-likeness (QED) is 0.807. The van der Waals surface area contributed by atoms with Gasteiger partial charge in [0.2, 0.25) is 0 Å². The van der Waals surface area contributed by atoms with Crippen molar-refractivity contribution in [1.29, 1.82) is 0 Å². The number of nitrogens with one attached hydrogen (secondary N) is 1. The number of likely N-dealkylation sites (N-methyl/N-ethyl adjacent to an activating group) is 1. The van der Waals surface area contributed by atoms with Gasteiger partial charge in [0, 0.05) is 37.3 Å². The fourth-order valence-electron chi connectivity index (χ4n) is 4.43. The van der Waals surface area contributed by atoms with Gasteiger partial charge in [0.05, 0.1) is 0 Å². The van der Waals surface area contributed by atoms with Crippen LogP contribution in [0.2, 0.25) is 0 Å². The molecule has 2 fully saturated rings. The summed E-state index contributed by atoms with van der Waals surface area (Å²) in [6.07, 6.45) is 8.10. The number of hydrogen-bond acceptors (Lipinski definition) is 3. The number of piperazine rings is 1. The maximum Gasteiger partial charge on any atom is 0.0250 e. The van der Waals surface area contributed by atoms with Gasteiger partial charge >= 0.3 is 0 Å². The Hall–Kier alpha value is -0.120. The molecular weight excluding hydrogens is 246 g/mol. The monoisotopic (exact) mass is 281 g/mol. The van der Waals surface area contributed by atoms with Crippen LogP contribution >= 0.6 is 0 Å². The first-order chi connectivity index (χ1) is 9.71. The van der Waals surface area contributed by atoms with Crippen LogP contribution in [-0.4, -0.2) is 60.6 Å². The Morgan fingerprint density at radius 3 is 2.65 bits per heavy atom. The normalized spacial score (nSPS) is 31.8. The van der Waals surface area contributed by atoms with E-state index < -0.39 is 0 Å². The van der Waals surface area contributed by atoms with E-state index in [-0.39, 0.29) is 0 Å². The summed E-state index contributed by atoms with van der Waals surface area (Å²) >= 11 is 0. The molecule has 118 valence electrons. The first-order valence-corrected chi connectivity index (χ1v) is 8.88. The molecule has 20 heavy (non-hydrogen) atoms. The van der Waals surface area contributed by atoms with Crippen LogP contribution in [0.3, 0.4) is 0 Å². The van der Waals surface area contributed by atoms with Gasteiger partial charge in [0.25, 0.3) is 0 Å². The maximum absolute atomic E-state index is 3.59. The van der Waals surface area contributed by atoms with E-state index in [1.807, 2.05) is 0 Å². The summed E-state index contributed by atoms with van der Waals surface area (Å²) in [6.45, 7) is 11.0. The van der Waals surface area contributed by atoms with Crippen LogP contribution in [0.4, 0.5) is 0 Å². The van der Waals surface area contributed by atoms with Crippen molar-refractivity contribution >= 4 is 0 Å². The molecule has 0 spiro atoms. The molecule has 2 aliphatic heterocycles. The van der Waals surface area contributed by atoms with Crippen LogP contribution in [-0.2, 0) is 0 Å². The molecule has 1 N–H and O–H groups in total. The van der Waals surface area contributed by atoms with Gasteiger partial charge in [-0.25, -0.2) is 0 Å². The number of piperidine rings is 1. The Bertz CT molecular complexity index is 281. The van der Waals surface area contributed by atoms with E-state index in [2.05, 4.69) is 42.9 Å². The minimum atomic E-state index is 0.655. The fourth-order valence-corrected chi connectivity index (χ4v) is 4.43. The summed E-state index contributed by atoms with van der Waals surface area (Å²) in [6, 6.07) is 2.90. The Balaban J connectivity index is 2.04. The topological polar surface area (TPSA) is 18.5 Å². The minimum absolute atomic E-state index is 0.655. The summed E-state index contributed by atoms with van der Waals surface area (Å²) in [5.74, 6) is 0. The van der Waals surface area contributed by atoms with Gasteiger partial charge in [0.15, 0.2) is 0 Å². The smallest absolute Gasteiger partial charge is 0.0250 e. The molecule has 2 heterocycles. The average Bonchev–Trinajstić information content (AvgIpc) is 2.47. The minimum Gasteiger partial charge on any atom is -0.315 e.